The van der Waals surface area contributed by atoms with E-state index in [1.807, 2.05) is 0 Å². The molecule has 6 heteroatoms. The lowest BCUT2D eigenvalue weighted by Crippen LogP contribution is -2.38. The van der Waals surface area contributed by atoms with Crippen molar-refractivity contribution in [1.29, 1.82) is 0 Å². The number of aromatic carboxylic acids is 1. The van der Waals surface area contributed by atoms with Crippen LogP contribution in [0, 0.1) is 6.92 Å². The van der Waals surface area contributed by atoms with Crippen LogP contribution in [0.4, 0.5) is 0 Å². The number of benzene rings is 1. The molecule has 1 aliphatic heterocycles. The number of rotatable bonds is 4. The largest absolute Gasteiger partial charge is 0.478 e. The zero-order valence-electron chi connectivity index (χ0n) is 12.2. The summed E-state index contributed by atoms with van der Waals surface area (Å²) in [4.78, 5) is 25.4. The molecular formula is C15H20ClNO4. The van der Waals surface area contributed by atoms with Crippen molar-refractivity contribution < 1.29 is 19.4 Å². The number of nitrogens with zero attached hydrogens (tertiary/aromatic N) is 1. The molecule has 1 saturated heterocycles. The van der Waals surface area contributed by atoms with Crippen molar-refractivity contribution in [2.45, 2.75) is 25.8 Å². The number of likely N-dealkylation sites (tertiary alicyclic amines) is 1. The normalized spacial score (nSPS) is 17.4. The van der Waals surface area contributed by atoms with E-state index in [4.69, 9.17) is 9.84 Å². The SMILES string of the molecule is COC[C@H]1CCCN1C(=O)c1cc(C)cc(C(=O)O)c1.Cl. The van der Waals surface area contributed by atoms with E-state index >= 15 is 0 Å². The third-order valence-corrected chi connectivity index (χ3v) is 3.57. The number of carbonyl (C=O) groups excluding carboxylic acids is 1. The van der Waals surface area contributed by atoms with E-state index in [1.165, 1.54) is 6.07 Å². The van der Waals surface area contributed by atoms with Gasteiger partial charge in [0, 0.05) is 19.2 Å². The van der Waals surface area contributed by atoms with Crippen LogP contribution >= 0.6 is 12.4 Å². The van der Waals surface area contributed by atoms with Gasteiger partial charge in [-0.2, -0.15) is 0 Å². The summed E-state index contributed by atoms with van der Waals surface area (Å²) in [5.41, 5.74) is 1.36. The minimum absolute atomic E-state index is 0. The van der Waals surface area contributed by atoms with E-state index in [2.05, 4.69) is 0 Å². The van der Waals surface area contributed by atoms with Gasteiger partial charge in [-0.1, -0.05) is 0 Å². The van der Waals surface area contributed by atoms with Crippen molar-refractivity contribution in [3.8, 4) is 0 Å². The number of carbonyl (C=O) groups is 2. The molecule has 1 fully saturated rings. The lowest BCUT2D eigenvalue weighted by atomic mass is 10.1. The lowest BCUT2D eigenvalue weighted by Gasteiger charge is -2.24. The number of aryl methyl sites for hydroxylation is 1. The highest BCUT2D eigenvalue weighted by Gasteiger charge is 2.29. The molecule has 1 heterocycles. The summed E-state index contributed by atoms with van der Waals surface area (Å²) < 4.78 is 5.14. The van der Waals surface area contributed by atoms with Gasteiger partial charge >= 0.3 is 5.97 Å². The minimum Gasteiger partial charge on any atom is -0.478 e. The molecule has 0 saturated carbocycles. The first-order valence-corrected chi connectivity index (χ1v) is 6.68. The molecule has 1 aromatic rings. The first-order valence-electron chi connectivity index (χ1n) is 6.68. The highest BCUT2D eigenvalue weighted by atomic mass is 35.5. The Hall–Kier alpha value is -1.59. The number of halogens is 1. The zero-order valence-corrected chi connectivity index (χ0v) is 13.0. The number of amides is 1. The van der Waals surface area contributed by atoms with Crippen molar-refractivity contribution in [2.75, 3.05) is 20.3 Å². The number of methoxy groups -OCH3 is 1. The minimum atomic E-state index is -1.02. The summed E-state index contributed by atoms with van der Waals surface area (Å²) >= 11 is 0. The van der Waals surface area contributed by atoms with Gasteiger partial charge in [0.1, 0.15) is 0 Å². The predicted molar refractivity (Wildman–Crippen MR) is 81.3 cm³/mol. The molecule has 5 nitrogen and oxygen atoms in total. The second-order valence-electron chi connectivity index (χ2n) is 5.14. The summed E-state index contributed by atoms with van der Waals surface area (Å²) in [6.45, 7) is 3.01. The number of carboxylic acids is 1. The Kier molecular flexibility index (Phi) is 6.18. The Labute approximate surface area is 130 Å². The molecular weight excluding hydrogens is 294 g/mol. The van der Waals surface area contributed by atoms with Crippen LogP contribution in [0.5, 0.6) is 0 Å². The van der Waals surface area contributed by atoms with Crippen LogP contribution in [0.15, 0.2) is 18.2 Å². The molecule has 1 aromatic carbocycles. The van der Waals surface area contributed by atoms with Gasteiger partial charge < -0.3 is 14.7 Å². The average Bonchev–Trinajstić information content (AvgIpc) is 2.85. The first kappa shape index (κ1) is 17.5. The van der Waals surface area contributed by atoms with E-state index in [0.29, 0.717) is 18.7 Å². The van der Waals surface area contributed by atoms with E-state index in [0.717, 1.165) is 18.4 Å². The fourth-order valence-corrected chi connectivity index (χ4v) is 2.66. The van der Waals surface area contributed by atoms with Crippen LogP contribution in [0.1, 0.15) is 39.1 Å². The van der Waals surface area contributed by atoms with Crippen LogP contribution in [0.2, 0.25) is 0 Å². The Morgan fingerprint density at radius 1 is 1.33 bits per heavy atom. The van der Waals surface area contributed by atoms with Crippen LogP contribution in [-0.2, 0) is 4.74 Å². The number of ether oxygens (including phenoxy) is 1. The molecule has 1 amide bonds. The second-order valence-corrected chi connectivity index (χ2v) is 5.14. The van der Waals surface area contributed by atoms with Gasteiger partial charge in [0.05, 0.1) is 18.2 Å². The molecule has 21 heavy (non-hydrogen) atoms. The Morgan fingerprint density at radius 2 is 2.00 bits per heavy atom. The van der Waals surface area contributed by atoms with Crippen LogP contribution in [-0.4, -0.2) is 48.2 Å². The highest BCUT2D eigenvalue weighted by Crippen LogP contribution is 2.21. The maximum atomic E-state index is 12.5. The van der Waals surface area contributed by atoms with Crippen molar-refractivity contribution >= 4 is 24.3 Å². The van der Waals surface area contributed by atoms with Gasteiger partial charge in [-0.05, 0) is 43.5 Å². The summed E-state index contributed by atoms with van der Waals surface area (Å²) in [6.07, 6.45) is 1.88. The van der Waals surface area contributed by atoms with Gasteiger partial charge in [-0.3, -0.25) is 4.79 Å². The van der Waals surface area contributed by atoms with Crippen molar-refractivity contribution in [3.05, 3.63) is 34.9 Å². The van der Waals surface area contributed by atoms with Gasteiger partial charge in [0.2, 0.25) is 0 Å². The molecule has 0 aliphatic carbocycles. The van der Waals surface area contributed by atoms with Crippen molar-refractivity contribution in [1.82, 2.24) is 4.90 Å². The summed E-state index contributed by atoms with van der Waals surface area (Å²) in [6, 6.07) is 4.83. The summed E-state index contributed by atoms with van der Waals surface area (Å²) in [7, 11) is 1.62. The van der Waals surface area contributed by atoms with E-state index in [-0.39, 0.29) is 29.9 Å². The summed E-state index contributed by atoms with van der Waals surface area (Å²) in [5.74, 6) is -1.13. The molecule has 2 rings (SSSR count). The molecule has 0 unspecified atom stereocenters. The number of hydrogen-bond donors (Lipinski definition) is 1. The maximum Gasteiger partial charge on any atom is 0.335 e. The third kappa shape index (κ3) is 3.95. The second kappa shape index (κ2) is 7.43. The Balaban J connectivity index is 0.00000220. The smallest absolute Gasteiger partial charge is 0.335 e. The molecule has 0 radical (unpaired) electrons. The molecule has 0 bridgehead atoms. The zero-order chi connectivity index (χ0) is 14.7. The fraction of sp³-hybridized carbons (Fsp3) is 0.467. The molecule has 1 atom stereocenters. The molecule has 116 valence electrons. The number of carboxylic acid groups (broad SMARTS) is 1. The van der Waals surface area contributed by atoms with E-state index in [1.54, 1.807) is 31.1 Å². The van der Waals surface area contributed by atoms with Gasteiger partial charge in [0.15, 0.2) is 0 Å². The quantitative estimate of drug-likeness (QED) is 0.926. The van der Waals surface area contributed by atoms with E-state index in [9.17, 15) is 9.59 Å². The highest BCUT2D eigenvalue weighted by molar-refractivity contribution is 5.98. The fourth-order valence-electron chi connectivity index (χ4n) is 2.66. The Morgan fingerprint density at radius 3 is 2.62 bits per heavy atom. The number of hydrogen-bond acceptors (Lipinski definition) is 3. The van der Waals surface area contributed by atoms with Gasteiger partial charge in [-0.15, -0.1) is 12.4 Å². The van der Waals surface area contributed by atoms with Crippen LogP contribution < -0.4 is 0 Å². The van der Waals surface area contributed by atoms with Crippen molar-refractivity contribution in [2.24, 2.45) is 0 Å². The average molecular weight is 314 g/mol. The van der Waals surface area contributed by atoms with Gasteiger partial charge in [-0.25, -0.2) is 4.79 Å². The molecule has 0 spiro atoms. The third-order valence-electron chi connectivity index (χ3n) is 3.57. The maximum absolute atomic E-state index is 12.5. The molecule has 1 aliphatic rings. The summed E-state index contributed by atoms with van der Waals surface area (Å²) in [5, 5.41) is 9.07. The van der Waals surface area contributed by atoms with Crippen LogP contribution in [0.25, 0.3) is 0 Å². The van der Waals surface area contributed by atoms with Gasteiger partial charge in [0.25, 0.3) is 5.91 Å². The molecule has 0 aromatic heterocycles. The monoisotopic (exact) mass is 313 g/mol. The van der Waals surface area contributed by atoms with Crippen molar-refractivity contribution in [3.63, 3.8) is 0 Å². The van der Waals surface area contributed by atoms with Crippen LogP contribution in [0.3, 0.4) is 0 Å². The first-order chi connectivity index (χ1) is 9.52. The topological polar surface area (TPSA) is 66.8 Å². The predicted octanol–water partition coefficient (Wildman–Crippen LogP) is 2.37. The molecule has 1 N–H and O–H groups in total. The Bertz CT molecular complexity index is 532. The standard InChI is InChI=1S/C15H19NO4.ClH/c1-10-6-11(8-12(7-10)15(18)19)14(17)16-5-3-4-13(16)9-20-2;/h6-8,13H,3-5,9H2,1-2H3,(H,18,19);1H/t13-;/m1./s1. The van der Waals surface area contributed by atoms with E-state index < -0.39 is 5.97 Å². The lowest BCUT2D eigenvalue weighted by molar-refractivity contribution is 0.0630.